The molecular formula is C16H26N2O. The molecule has 0 radical (unpaired) electrons. The average Bonchev–Trinajstić information content (AvgIpc) is 2.40. The second-order valence-electron chi connectivity index (χ2n) is 6.38. The molecule has 106 valence electrons. The molecule has 0 atom stereocenters. The molecule has 3 heteroatoms. The average molecular weight is 262 g/mol. The second-order valence-corrected chi connectivity index (χ2v) is 6.38. The first-order chi connectivity index (χ1) is 8.80. The van der Waals surface area contributed by atoms with Gasteiger partial charge in [-0.25, -0.2) is 0 Å². The summed E-state index contributed by atoms with van der Waals surface area (Å²) in [7, 11) is 0. The molecule has 1 aliphatic rings. The minimum atomic E-state index is -0.826. The fourth-order valence-corrected chi connectivity index (χ4v) is 2.60. The Balaban J connectivity index is 2.84. The van der Waals surface area contributed by atoms with Crippen LogP contribution in [0, 0.1) is 22.2 Å². The van der Waals surface area contributed by atoms with Gasteiger partial charge in [0.15, 0.2) is 0 Å². The smallest absolute Gasteiger partial charge is 0.243 e. The number of hydrogen-bond acceptors (Lipinski definition) is 2. The van der Waals surface area contributed by atoms with Crippen LogP contribution in [0.2, 0.25) is 0 Å². The van der Waals surface area contributed by atoms with Crippen molar-refractivity contribution in [3.05, 3.63) is 11.6 Å². The van der Waals surface area contributed by atoms with Gasteiger partial charge in [-0.3, -0.25) is 4.79 Å². The van der Waals surface area contributed by atoms with Crippen LogP contribution in [0.15, 0.2) is 11.6 Å². The maximum absolute atomic E-state index is 12.5. The van der Waals surface area contributed by atoms with Crippen molar-refractivity contribution in [2.45, 2.75) is 53.9 Å². The Morgan fingerprint density at radius 1 is 1.37 bits per heavy atom. The van der Waals surface area contributed by atoms with Gasteiger partial charge in [0.2, 0.25) is 5.91 Å². The molecule has 0 N–H and O–H groups in total. The highest BCUT2D eigenvalue weighted by Gasteiger charge is 2.39. The van der Waals surface area contributed by atoms with Gasteiger partial charge < -0.3 is 4.90 Å². The van der Waals surface area contributed by atoms with E-state index in [0.29, 0.717) is 19.4 Å². The van der Waals surface area contributed by atoms with E-state index in [0.717, 1.165) is 13.0 Å². The largest absolute Gasteiger partial charge is 0.337 e. The summed E-state index contributed by atoms with van der Waals surface area (Å²) in [5.74, 6) is 0.00390. The molecule has 1 rings (SSSR count). The fourth-order valence-electron chi connectivity index (χ4n) is 2.60. The van der Waals surface area contributed by atoms with Crippen molar-refractivity contribution in [1.82, 2.24) is 4.90 Å². The van der Waals surface area contributed by atoms with Crippen LogP contribution in [0.4, 0.5) is 0 Å². The predicted molar refractivity (Wildman–Crippen MR) is 77.4 cm³/mol. The van der Waals surface area contributed by atoms with E-state index >= 15 is 0 Å². The Kier molecular flexibility index (Phi) is 4.79. The van der Waals surface area contributed by atoms with Crippen LogP contribution in [0.1, 0.15) is 53.9 Å². The molecular weight excluding hydrogens is 236 g/mol. The Hall–Kier alpha value is -1.30. The van der Waals surface area contributed by atoms with E-state index in [1.54, 1.807) is 0 Å². The van der Waals surface area contributed by atoms with Crippen LogP contribution in [0.25, 0.3) is 0 Å². The summed E-state index contributed by atoms with van der Waals surface area (Å²) in [5, 5.41) is 9.35. The van der Waals surface area contributed by atoms with Gasteiger partial charge >= 0.3 is 0 Å². The van der Waals surface area contributed by atoms with Crippen molar-refractivity contribution in [1.29, 1.82) is 5.26 Å². The number of carbonyl (C=O) groups excluding carboxylic acids is 1. The molecule has 1 amide bonds. The minimum absolute atomic E-state index is 0.00390. The van der Waals surface area contributed by atoms with Gasteiger partial charge in [-0.05, 0) is 24.7 Å². The highest BCUT2D eigenvalue weighted by molar-refractivity contribution is 5.85. The van der Waals surface area contributed by atoms with E-state index in [9.17, 15) is 10.1 Å². The van der Waals surface area contributed by atoms with Crippen molar-refractivity contribution in [3.8, 4) is 6.07 Å². The number of carbonyl (C=O) groups is 1. The highest BCUT2D eigenvalue weighted by atomic mass is 16.2. The summed E-state index contributed by atoms with van der Waals surface area (Å²) in [6.07, 6.45) is 4.26. The van der Waals surface area contributed by atoms with Gasteiger partial charge in [0.05, 0.1) is 6.07 Å². The van der Waals surface area contributed by atoms with Crippen molar-refractivity contribution < 1.29 is 4.79 Å². The molecule has 0 unspecified atom stereocenters. The normalized spacial score (nSPS) is 16.8. The quantitative estimate of drug-likeness (QED) is 0.730. The molecule has 0 spiro atoms. The number of rotatable bonds is 3. The maximum Gasteiger partial charge on any atom is 0.243 e. The first-order valence-electron chi connectivity index (χ1n) is 7.21. The van der Waals surface area contributed by atoms with Crippen LogP contribution >= 0.6 is 0 Å². The van der Waals surface area contributed by atoms with Crippen LogP contribution in [0.5, 0.6) is 0 Å². The Bertz CT molecular complexity index is 405. The lowest BCUT2D eigenvalue weighted by Gasteiger charge is -2.36. The van der Waals surface area contributed by atoms with Gasteiger partial charge in [-0.15, -0.1) is 0 Å². The molecule has 0 bridgehead atoms. The lowest BCUT2D eigenvalue weighted by Crippen LogP contribution is -2.45. The van der Waals surface area contributed by atoms with Crippen LogP contribution < -0.4 is 0 Å². The molecule has 0 aromatic heterocycles. The zero-order valence-corrected chi connectivity index (χ0v) is 12.9. The summed E-state index contributed by atoms with van der Waals surface area (Å²) in [6.45, 7) is 11.8. The number of nitriles is 1. The standard InChI is InChI=1S/C16H26N2O/c1-6-16(7-2,12-17)14(19)18-10-8-13(9-11-18)15(3,4)5/h8H,6-7,9-11H2,1-5H3. The summed E-state index contributed by atoms with van der Waals surface area (Å²) in [6, 6.07) is 2.24. The van der Waals surface area contributed by atoms with Gasteiger partial charge in [0.1, 0.15) is 5.41 Å². The first kappa shape index (κ1) is 15.8. The third kappa shape index (κ3) is 3.18. The summed E-state index contributed by atoms with van der Waals surface area (Å²) in [5.41, 5.74) is 0.761. The molecule has 0 aromatic carbocycles. The monoisotopic (exact) mass is 262 g/mol. The van der Waals surface area contributed by atoms with E-state index in [2.05, 4.69) is 32.9 Å². The summed E-state index contributed by atoms with van der Waals surface area (Å²) in [4.78, 5) is 14.4. The van der Waals surface area contributed by atoms with Crippen molar-refractivity contribution in [3.63, 3.8) is 0 Å². The van der Waals surface area contributed by atoms with Crippen molar-refractivity contribution >= 4 is 5.91 Å². The summed E-state index contributed by atoms with van der Waals surface area (Å²) < 4.78 is 0. The number of amides is 1. The van der Waals surface area contributed by atoms with E-state index < -0.39 is 5.41 Å². The topological polar surface area (TPSA) is 44.1 Å². The van der Waals surface area contributed by atoms with E-state index in [1.165, 1.54) is 5.57 Å². The second kappa shape index (κ2) is 5.77. The maximum atomic E-state index is 12.5. The molecule has 0 saturated carbocycles. The Morgan fingerprint density at radius 3 is 2.26 bits per heavy atom. The van der Waals surface area contributed by atoms with Crippen LogP contribution in [-0.4, -0.2) is 23.9 Å². The van der Waals surface area contributed by atoms with Crippen molar-refractivity contribution in [2.75, 3.05) is 13.1 Å². The number of hydrogen-bond donors (Lipinski definition) is 0. The third-order valence-corrected chi connectivity index (χ3v) is 4.29. The van der Waals surface area contributed by atoms with Crippen LogP contribution in [-0.2, 0) is 4.79 Å². The molecule has 0 aliphatic carbocycles. The Morgan fingerprint density at radius 2 is 1.95 bits per heavy atom. The minimum Gasteiger partial charge on any atom is -0.337 e. The molecule has 1 heterocycles. The lowest BCUT2D eigenvalue weighted by molar-refractivity contribution is -0.139. The van der Waals surface area contributed by atoms with E-state index in [1.807, 2.05) is 18.7 Å². The van der Waals surface area contributed by atoms with Gasteiger partial charge in [-0.2, -0.15) is 5.26 Å². The molecule has 0 fully saturated rings. The molecule has 19 heavy (non-hydrogen) atoms. The SMILES string of the molecule is CCC(C#N)(CC)C(=O)N1CC=C(C(C)(C)C)CC1. The zero-order valence-electron chi connectivity index (χ0n) is 12.9. The van der Waals surface area contributed by atoms with Gasteiger partial charge in [-0.1, -0.05) is 46.3 Å². The van der Waals surface area contributed by atoms with E-state index in [4.69, 9.17) is 0 Å². The van der Waals surface area contributed by atoms with Crippen LogP contribution in [0.3, 0.4) is 0 Å². The van der Waals surface area contributed by atoms with Crippen molar-refractivity contribution in [2.24, 2.45) is 10.8 Å². The van der Waals surface area contributed by atoms with Gasteiger partial charge in [0, 0.05) is 13.1 Å². The molecule has 0 aromatic rings. The Labute approximate surface area is 117 Å². The zero-order chi connectivity index (χ0) is 14.7. The fraction of sp³-hybridized carbons (Fsp3) is 0.750. The third-order valence-electron chi connectivity index (χ3n) is 4.29. The first-order valence-corrected chi connectivity index (χ1v) is 7.21. The van der Waals surface area contributed by atoms with Gasteiger partial charge in [0.25, 0.3) is 0 Å². The highest BCUT2D eigenvalue weighted by Crippen LogP contribution is 2.33. The molecule has 1 aliphatic heterocycles. The molecule has 3 nitrogen and oxygen atoms in total. The molecule has 0 saturated heterocycles. The summed E-state index contributed by atoms with van der Waals surface area (Å²) >= 11 is 0. The number of nitrogens with zero attached hydrogens (tertiary/aromatic N) is 2. The van der Waals surface area contributed by atoms with E-state index in [-0.39, 0.29) is 11.3 Å². The predicted octanol–water partition coefficient (Wildman–Crippen LogP) is 3.52. The lowest BCUT2D eigenvalue weighted by atomic mass is 9.80.